The highest BCUT2D eigenvalue weighted by Crippen LogP contribution is 2.45. The summed E-state index contributed by atoms with van der Waals surface area (Å²) in [6.45, 7) is 5.79. The number of aliphatic hydroxyl groups is 1. The van der Waals surface area contributed by atoms with Crippen LogP contribution in [0.25, 0.3) is 16.0 Å². The summed E-state index contributed by atoms with van der Waals surface area (Å²) < 4.78 is 6.46. The zero-order valence-corrected chi connectivity index (χ0v) is 21.7. The number of benzene rings is 3. The quantitative estimate of drug-likeness (QED) is 0.198. The van der Waals surface area contributed by atoms with Crippen LogP contribution in [-0.4, -0.2) is 34.0 Å². The lowest BCUT2D eigenvalue weighted by Gasteiger charge is -2.23. The monoisotopic (exact) mass is 514 g/mol. The average Bonchev–Trinajstić information content (AvgIpc) is 3.41. The second kappa shape index (κ2) is 9.37. The zero-order chi connectivity index (χ0) is 26.4. The van der Waals surface area contributed by atoms with Crippen LogP contribution in [0.4, 0.5) is 5.13 Å². The number of anilines is 1. The van der Waals surface area contributed by atoms with E-state index >= 15 is 0 Å². The van der Waals surface area contributed by atoms with E-state index in [0.29, 0.717) is 22.0 Å². The summed E-state index contributed by atoms with van der Waals surface area (Å²) in [7, 11) is 1.50. The van der Waals surface area contributed by atoms with E-state index in [1.807, 2.05) is 38.1 Å². The molecule has 2 heterocycles. The Morgan fingerprint density at radius 2 is 1.81 bits per heavy atom. The van der Waals surface area contributed by atoms with Crippen molar-refractivity contribution in [3.63, 3.8) is 0 Å². The minimum absolute atomic E-state index is 0.0451. The number of hydrogen-bond acceptors (Lipinski definition) is 7. The van der Waals surface area contributed by atoms with Crippen LogP contribution >= 0.6 is 11.3 Å². The van der Waals surface area contributed by atoms with Gasteiger partial charge in [0.15, 0.2) is 5.13 Å². The number of nitrogens with zero attached hydrogens (tertiary/aromatic N) is 2. The lowest BCUT2D eigenvalue weighted by atomic mass is 9.93. The highest BCUT2D eigenvalue weighted by Gasteiger charge is 2.48. The smallest absolute Gasteiger partial charge is 0.301 e. The number of carbonyl (C=O) groups is 2. The number of thiazole rings is 1. The summed E-state index contributed by atoms with van der Waals surface area (Å²) in [4.78, 5) is 33.0. The molecule has 1 aromatic heterocycles. The molecule has 1 aliphatic heterocycles. The second-order valence-electron chi connectivity index (χ2n) is 9.08. The Labute approximate surface area is 218 Å². The van der Waals surface area contributed by atoms with E-state index in [1.54, 1.807) is 18.2 Å². The zero-order valence-electron chi connectivity index (χ0n) is 20.9. The molecule has 2 N–H and O–H groups in total. The molecule has 1 amide bonds. The van der Waals surface area contributed by atoms with E-state index in [1.165, 1.54) is 35.5 Å². The molecule has 1 unspecified atom stereocenters. The van der Waals surface area contributed by atoms with Gasteiger partial charge in [0.1, 0.15) is 17.3 Å². The molecule has 7 nitrogen and oxygen atoms in total. The molecule has 0 radical (unpaired) electrons. The number of aryl methyl sites for hydroxylation is 3. The van der Waals surface area contributed by atoms with Gasteiger partial charge in [-0.2, -0.15) is 0 Å². The van der Waals surface area contributed by atoms with Crippen LogP contribution in [0.5, 0.6) is 11.5 Å². The number of phenolic OH excluding ortho intramolecular Hbond substituents is 1. The molecule has 4 aromatic rings. The maximum Gasteiger partial charge on any atom is 0.301 e. The number of ether oxygens (including phenoxy) is 1. The Bertz CT molecular complexity index is 1590. The first-order chi connectivity index (χ1) is 17.7. The molecule has 0 saturated carbocycles. The van der Waals surface area contributed by atoms with Crippen LogP contribution in [0, 0.1) is 13.8 Å². The highest BCUT2D eigenvalue weighted by atomic mass is 32.1. The van der Waals surface area contributed by atoms with E-state index in [4.69, 9.17) is 4.74 Å². The van der Waals surface area contributed by atoms with Crippen LogP contribution in [0.2, 0.25) is 0 Å². The third kappa shape index (κ3) is 4.13. The number of hydrogen-bond donors (Lipinski definition) is 2. The Kier molecular flexibility index (Phi) is 6.21. The van der Waals surface area contributed by atoms with Gasteiger partial charge < -0.3 is 14.9 Å². The fourth-order valence-corrected chi connectivity index (χ4v) is 5.88. The topological polar surface area (TPSA) is 100.0 Å². The molecule has 5 rings (SSSR count). The van der Waals surface area contributed by atoms with Crippen LogP contribution in [0.3, 0.4) is 0 Å². The number of fused-ring (bicyclic) bond motifs is 1. The van der Waals surface area contributed by atoms with Gasteiger partial charge in [-0.05, 0) is 72.9 Å². The minimum atomic E-state index is -0.947. The van der Waals surface area contributed by atoms with Crippen molar-refractivity contribution in [1.29, 1.82) is 0 Å². The summed E-state index contributed by atoms with van der Waals surface area (Å²) in [5.74, 6) is -1.45. The molecule has 3 aromatic carbocycles. The molecule has 0 bridgehead atoms. The van der Waals surface area contributed by atoms with Gasteiger partial charge in [0.05, 0.1) is 34.5 Å². The fraction of sp³-hybridized carbons (Fsp3) is 0.207. The molecule has 0 aliphatic carbocycles. The molecule has 1 fully saturated rings. The minimum Gasteiger partial charge on any atom is -0.508 e. The van der Waals surface area contributed by atoms with E-state index in [2.05, 4.69) is 11.9 Å². The third-order valence-corrected chi connectivity index (χ3v) is 7.60. The number of aliphatic hydroxyl groups excluding tert-OH is 1. The first kappa shape index (κ1) is 24.5. The van der Waals surface area contributed by atoms with Crippen molar-refractivity contribution in [2.75, 3.05) is 12.0 Å². The van der Waals surface area contributed by atoms with Gasteiger partial charge in [0.25, 0.3) is 5.78 Å². The first-order valence-corrected chi connectivity index (χ1v) is 12.7. The maximum atomic E-state index is 13.5. The lowest BCUT2D eigenvalue weighted by molar-refractivity contribution is -0.132. The lowest BCUT2D eigenvalue weighted by Crippen LogP contribution is -2.29. The van der Waals surface area contributed by atoms with Crippen LogP contribution in [-0.2, 0) is 16.0 Å². The second-order valence-corrected chi connectivity index (χ2v) is 10.1. The number of ketones is 1. The largest absolute Gasteiger partial charge is 0.508 e. The van der Waals surface area contributed by atoms with Gasteiger partial charge in [-0.25, -0.2) is 4.98 Å². The first-order valence-electron chi connectivity index (χ1n) is 11.9. The van der Waals surface area contributed by atoms with E-state index in [-0.39, 0.29) is 17.1 Å². The van der Waals surface area contributed by atoms with Crippen molar-refractivity contribution in [1.82, 2.24) is 4.98 Å². The van der Waals surface area contributed by atoms with E-state index < -0.39 is 17.7 Å². The highest BCUT2D eigenvalue weighted by molar-refractivity contribution is 7.22. The fourth-order valence-electron chi connectivity index (χ4n) is 4.83. The summed E-state index contributed by atoms with van der Waals surface area (Å²) in [5.41, 5.74) is 4.34. The van der Waals surface area contributed by atoms with E-state index in [0.717, 1.165) is 33.3 Å². The Morgan fingerprint density at radius 1 is 1.08 bits per heavy atom. The van der Waals surface area contributed by atoms with Crippen LogP contribution in [0.15, 0.2) is 60.2 Å². The van der Waals surface area contributed by atoms with Crippen molar-refractivity contribution < 1.29 is 24.5 Å². The third-order valence-electron chi connectivity index (χ3n) is 6.59. The molecular weight excluding hydrogens is 488 g/mol. The Morgan fingerprint density at radius 3 is 2.49 bits per heavy atom. The summed E-state index contributed by atoms with van der Waals surface area (Å²) >= 11 is 1.32. The number of phenols is 1. The molecule has 188 valence electrons. The van der Waals surface area contributed by atoms with Crippen LogP contribution < -0.4 is 9.64 Å². The van der Waals surface area contributed by atoms with Gasteiger partial charge in [0.2, 0.25) is 0 Å². The van der Waals surface area contributed by atoms with Crippen molar-refractivity contribution in [2.24, 2.45) is 0 Å². The summed E-state index contributed by atoms with van der Waals surface area (Å²) in [6.07, 6.45) is 0.860. The van der Waals surface area contributed by atoms with E-state index in [9.17, 15) is 19.8 Å². The average molecular weight is 515 g/mol. The molecule has 1 saturated heterocycles. The standard InChI is InChI=1S/C29H26N2O5S/c1-5-17-6-11-21-22(14-17)37-29(30-21)31-24(18-7-9-19(32)10-8-18)23(26(34)28(31)35)25(33)20-13-15(2)12-16(3)27(20)36-4/h6-14,24,32-33H,5H2,1-4H3/b25-23+. The van der Waals surface area contributed by atoms with Gasteiger partial charge in [-0.3, -0.25) is 14.5 Å². The number of aromatic hydroxyl groups is 1. The van der Waals surface area contributed by atoms with Crippen molar-refractivity contribution in [2.45, 2.75) is 33.2 Å². The Hall–Kier alpha value is -4.17. The maximum absolute atomic E-state index is 13.5. The number of aromatic nitrogens is 1. The molecular formula is C29H26N2O5S. The molecule has 37 heavy (non-hydrogen) atoms. The van der Waals surface area contributed by atoms with Crippen molar-refractivity contribution in [3.8, 4) is 11.5 Å². The summed E-state index contributed by atoms with van der Waals surface area (Å²) in [6, 6.07) is 14.9. The number of Topliss-reactive ketones (excluding diaryl/α,β-unsaturated/α-hetero) is 1. The molecule has 0 spiro atoms. The molecule has 8 heteroatoms. The number of carbonyl (C=O) groups excluding carboxylic acids is 2. The predicted octanol–water partition coefficient (Wildman–Crippen LogP) is 5.82. The van der Waals surface area contributed by atoms with Gasteiger partial charge in [0, 0.05) is 0 Å². The normalized spacial score (nSPS) is 17.1. The summed E-state index contributed by atoms with van der Waals surface area (Å²) in [5, 5.41) is 21.8. The number of amides is 1. The number of rotatable bonds is 5. The van der Waals surface area contributed by atoms with Gasteiger partial charge in [-0.15, -0.1) is 0 Å². The van der Waals surface area contributed by atoms with Crippen molar-refractivity contribution in [3.05, 3.63) is 88.0 Å². The predicted molar refractivity (Wildman–Crippen MR) is 144 cm³/mol. The number of methoxy groups -OCH3 is 1. The van der Waals surface area contributed by atoms with Gasteiger partial charge in [-0.1, -0.05) is 42.5 Å². The molecule has 1 atom stereocenters. The Balaban J connectivity index is 1.76. The van der Waals surface area contributed by atoms with Crippen LogP contribution in [0.1, 0.15) is 40.8 Å². The van der Waals surface area contributed by atoms with Crippen molar-refractivity contribution >= 4 is 44.1 Å². The SMILES string of the molecule is CCc1ccc2nc(N3C(=O)C(=O)/C(=C(/O)c4cc(C)cc(C)c4OC)C3c3ccc(O)cc3)sc2c1. The van der Waals surface area contributed by atoms with Gasteiger partial charge >= 0.3 is 5.91 Å². The molecule has 1 aliphatic rings.